The Kier molecular flexibility index (Phi) is 3.78. The average molecular weight is 298 g/mol. The lowest BCUT2D eigenvalue weighted by Gasteiger charge is -2.06. The number of carbonyl (C=O) groups excluding carboxylic acids is 1. The SMILES string of the molecule is O=C(Nc1ccc(Nc2cccc(F)c2)nn1)c1ccco1. The average Bonchev–Trinajstić information content (AvgIpc) is 3.04. The molecule has 7 heteroatoms. The summed E-state index contributed by atoms with van der Waals surface area (Å²) in [5.74, 6) is 0.141. The molecule has 2 aromatic heterocycles. The number of nitrogens with one attached hydrogen (secondary N) is 2. The van der Waals surface area contributed by atoms with E-state index in [1.807, 2.05) is 0 Å². The summed E-state index contributed by atoms with van der Waals surface area (Å²) in [6.45, 7) is 0. The second-order valence-corrected chi connectivity index (χ2v) is 4.37. The largest absolute Gasteiger partial charge is 0.459 e. The molecule has 0 saturated heterocycles. The van der Waals surface area contributed by atoms with E-state index in [4.69, 9.17) is 4.42 Å². The number of aromatic nitrogens is 2. The molecule has 0 unspecified atom stereocenters. The van der Waals surface area contributed by atoms with Crippen LogP contribution in [0.2, 0.25) is 0 Å². The number of nitrogens with zero attached hydrogens (tertiary/aromatic N) is 2. The highest BCUT2D eigenvalue weighted by Gasteiger charge is 2.09. The second-order valence-electron chi connectivity index (χ2n) is 4.37. The standard InChI is InChI=1S/C15H11FN4O2/c16-10-3-1-4-11(9-10)17-13-6-7-14(20-19-13)18-15(21)12-5-2-8-22-12/h1-9H,(H,17,19)(H,18,20,21). The summed E-state index contributed by atoms with van der Waals surface area (Å²) >= 11 is 0. The van der Waals surface area contributed by atoms with Crippen molar-refractivity contribution in [1.29, 1.82) is 0 Å². The summed E-state index contributed by atoms with van der Waals surface area (Å²) in [4.78, 5) is 11.8. The highest BCUT2D eigenvalue weighted by molar-refractivity contribution is 6.01. The van der Waals surface area contributed by atoms with Crippen LogP contribution in [0, 0.1) is 5.82 Å². The highest BCUT2D eigenvalue weighted by Crippen LogP contribution is 2.16. The number of hydrogen-bond acceptors (Lipinski definition) is 5. The van der Waals surface area contributed by atoms with Gasteiger partial charge in [-0.25, -0.2) is 4.39 Å². The minimum absolute atomic E-state index is 0.184. The fourth-order valence-electron chi connectivity index (χ4n) is 1.77. The third kappa shape index (κ3) is 3.26. The van der Waals surface area contributed by atoms with Crippen LogP contribution in [-0.2, 0) is 0 Å². The number of halogens is 1. The Morgan fingerprint density at radius 1 is 1.05 bits per heavy atom. The van der Waals surface area contributed by atoms with Crippen molar-refractivity contribution in [3.8, 4) is 0 Å². The van der Waals surface area contributed by atoms with Crippen LogP contribution in [0.25, 0.3) is 0 Å². The lowest BCUT2D eigenvalue weighted by molar-refractivity contribution is 0.0996. The van der Waals surface area contributed by atoms with Gasteiger partial charge in [-0.2, -0.15) is 0 Å². The monoisotopic (exact) mass is 298 g/mol. The maximum absolute atomic E-state index is 13.1. The molecule has 0 bridgehead atoms. The molecule has 6 nitrogen and oxygen atoms in total. The molecule has 110 valence electrons. The van der Waals surface area contributed by atoms with Crippen molar-refractivity contribution in [3.63, 3.8) is 0 Å². The van der Waals surface area contributed by atoms with E-state index >= 15 is 0 Å². The van der Waals surface area contributed by atoms with Gasteiger partial charge in [-0.3, -0.25) is 4.79 Å². The smallest absolute Gasteiger partial charge is 0.292 e. The maximum atomic E-state index is 13.1. The third-order valence-electron chi connectivity index (χ3n) is 2.75. The number of carbonyl (C=O) groups is 1. The molecule has 2 N–H and O–H groups in total. The van der Waals surface area contributed by atoms with E-state index in [1.165, 1.54) is 18.4 Å². The first kappa shape index (κ1) is 13.7. The molecule has 3 aromatic rings. The van der Waals surface area contributed by atoms with E-state index in [1.54, 1.807) is 36.4 Å². The number of rotatable bonds is 4. The highest BCUT2D eigenvalue weighted by atomic mass is 19.1. The zero-order chi connectivity index (χ0) is 15.4. The summed E-state index contributed by atoms with van der Waals surface area (Å²) in [6, 6.07) is 12.3. The van der Waals surface area contributed by atoms with E-state index in [0.29, 0.717) is 11.5 Å². The van der Waals surface area contributed by atoms with Crippen LogP contribution in [0.4, 0.5) is 21.7 Å². The van der Waals surface area contributed by atoms with Gasteiger partial charge in [-0.15, -0.1) is 10.2 Å². The topological polar surface area (TPSA) is 80.0 Å². The fourth-order valence-corrected chi connectivity index (χ4v) is 1.77. The molecule has 0 aliphatic carbocycles. The van der Waals surface area contributed by atoms with E-state index < -0.39 is 5.91 Å². The van der Waals surface area contributed by atoms with Crippen LogP contribution in [0.15, 0.2) is 59.2 Å². The maximum Gasteiger partial charge on any atom is 0.292 e. The molecule has 0 saturated carbocycles. The van der Waals surface area contributed by atoms with Gasteiger partial charge in [-0.1, -0.05) is 6.07 Å². The van der Waals surface area contributed by atoms with Gasteiger partial charge in [0, 0.05) is 5.69 Å². The van der Waals surface area contributed by atoms with Crippen LogP contribution >= 0.6 is 0 Å². The lowest BCUT2D eigenvalue weighted by Crippen LogP contribution is -2.12. The number of hydrogen-bond donors (Lipinski definition) is 2. The normalized spacial score (nSPS) is 10.2. The Labute approximate surface area is 125 Å². The number of amides is 1. The molecule has 0 fully saturated rings. The van der Waals surface area contributed by atoms with Gasteiger partial charge in [0.05, 0.1) is 6.26 Å². The molecular formula is C15H11FN4O2. The van der Waals surface area contributed by atoms with E-state index in [2.05, 4.69) is 20.8 Å². The first-order chi connectivity index (χ1) is 10.7. The van der Waals surface area contributed by atoms with Gasteiger partial charge in [0.15, 0.2) is 17.4 Å². The Morgan fingerprint density at radius 3 is 2.55 bits per heavy atom. The quantitative estimate of drug-likeness (QED) is 0.773. The van der Waals surface area contributed by atoms with Crippen LogP contribution in [0.1, 0.15) is 10.6 Å². The number of benzene rings is 1. The number of anilines is 3. The Balaban J connectivity index is 1.66. The van der Waals surface area contributed by atoms with Gasteiger partial charge >= 0.3 is 0 Å². The summed E-state index contributed by atoms with van der Waals surface area (Å²) in [6.07, 6.45) is 1.41. The molecule has 2 heterocycles. The summed E-state index contributed by atoms with van der Waals surface area (Å²) < 4.78 is 18.1. The van der Waals surface area contributed by atoms with Crippen molar-refractivity contribution in [2.75, 3.05) is 10.6 Å². The third-order valence-corrected chi connectivity index (χ3v) is 2.75. The Hall–Kier alpha value is -3.22. The van der Waals surface area contributed by atoms with Crippen LogP contribution in [0.3, 0.4) is 0 Å². The molecule has 0 spiro atoms. The summed E-state index contributed by atoms with van der Waals surface area (Å²) in [7, 11) is 0. The minimum Gasteiger partial charge on any atom is -0.459 e. The molecule has 0 atom stereocenters. The van der Waals surface area contributed by atoms with Gasteiger partial charge in [0.25, 0.3) is 5.91 Å². The zero-order valence-electron chi connectivity index (χ0n) is 11.3. The van der Waals surface area contributed by atoms with Crippen molar-refractivity contribution in [3.05, 3.63) is 66.4 Å². The molecule has 0 aliphatic rings. The lowest BCUT2D eigenvalue weighted by atomic mass is 10.3. The molecular weight excluding hydrogens is 287 g/mol. The van der Waals surface area contributed by atoms with Crippen molar-refractivity contribution < 1.29 is 13.6 Å². The van der Waals surface area contributed by atoms with E-state index in [-0.39, 0.29) is 17.4 Å². The van der Waals surface area contributed by atoms with Crippen molar-refractivity contribution in [2.24, 2.45) is 0 Å². The van der Waals surface area contributed by atoms with Gasteiger partial charge in [-0.05, 0) is 42.5 Å². The molecule has 3 rings (SSSR count). The predicted octanol–water partition coefficient (Wildman–Crippen LogP) is 3.20. The van der Waals surface area contributed by atoms with Crippen LogP contribution in [0.5, 0.6) is 0 Å². The van der Waals surface area contributed by atoms with Crippen molar-refractivity contribution >= 4 is 23.2 Å². The molecule has 22 heavy (non-hydrogen) atoms. The first-order valence-electron chi connectivity index (χ1n) is 6.42. The molecule has 0 radical (unpaired) electrons. The number of furan rings is 1. The Bertz CT molecular complexity index is 773. The van der Waals surface area contributed by atoms with E-state index in [0.717, 1.165) is 0 Å². The fraction of sp³-hybridized carbons (Fsp3) is 0. The molecule has 0 aliphatic heterocycles. The second kappa shape index (κ2) is 6.04. The van der Waals surface area contributed by atoms with Gasteiger partial charge in [0.2, 0.25) is 0 Å². The molecule has 1 amide bonds. The van der Waals surface area contributed by atoms with Crippen LogP contribution in [-0.4, -0.2) is 16.1 Å². The van der Waals surface area contributed by atoms with Gasteiger partial charge < -0.3 is 15.1 Å². The first-order valence-corrected chi connectivity index (χ1v) is 6.42. The predicted molar refractivity (Wildman–Crippen MR) is 78.4 cm³/mol. The van der Waals surface area contributed by atoms with E-state index in [9.17, 15) is 9.18 Å². The summed E-state index contributed by atoms with van der Waals surface area (Å²) in [5, 5.41) is 13.2. The Morgan fingerprint density at radius 2 is 1.86 bits per heavy atom. The van der Waals surface area contributed by atoms with Crippen LogP contribution < -0.4 is 10.6 Å². The minimum atomic E-state index is -0.412. The summed E-state index contributed by atoms with van der Waals surface area (Å²) in [5.41, 5.74) is 0.557. The van der Waals surface area contributed by atoms with Crippen molar-refractivity contribution in [1.82, 2.24) is 10.2 Å². The van der Waals surface area contributed by atoms with Gasteiger partial charge in [0.1, 0.15) is 5.82 Å². The zero-order valence-corrected chi connectivity index (χ0v) is 11.3. The molecule has 1 aromatic carbocycles. The van der Waals surface area contributed by atoms with Crippen molar-refractivity contribution in [2.45, 2.75) is 0 Å².